The topological polar surface area (TPSA) is 86.2 Å². The molecule has 0 radical (unpaired) electrons. The molecule has 5 heteroatoms. The lowest BCUT2D eigenvalue weighted by molar-refractivity contribution is 0.519. The van der Waals surface area contributed by atoms with Gasteiger partial charge in [-0.25, -0.2) is 8.42 Å². The molecule has 80 valence electrons. The van der Waals surface area contributed by atoms with Crippen LogP contribution in [0.2, 0.25) is 0 Å². The number of sulfone groups is 1. The third kappa shape index (κ3) is 8.21. The van der Waals surface area contributed by atoms with Gasteiger partial charge >= 0.3 is 0 Å². The third-order valence-corrected chi connectivity index (χ3v) is 3.55. The third-order valence-electron chi connectivity index (χ3n) is 1.18. The molecule has 0 aromatic rings. The highest BCUT2D eigenvalue weighted by Gasteiger charge is 2.27. The molecule has 0 unspecified atom stereocenters. The highest BCUT2D eigenvalue weighted by molar-refractivity contribution is 7.91. The molecule has 0 aliphatic rings. The van der Waals surface area contributed by atoms with Crippen molar-refractivity contribution in [3.8, 4) is 0 Å². The Balaban J connectivity index is 4.46. The summed E-state index contributed by atoms with van der Waals surface area (Å²) in [6, 6.07) is 0. The van der Waals surface area contributed by atoms with Crippen molar-refractivity contribution < 1.29 is 8.42 Å². The van der Waals surface area contributed by atoms with Crippen LogP contribution >= 0.6 is 0 Å². The molecule has 0 bridgehead atoms. The molecule has 4 N–H and O–H groups in total. The summed E-state index contributed by atoms with van der Waals surface area (Å²) in [6.45, 7) is 6.75. The lowest BCUT2D eigenvalue weighted by atomic mass is 10.1. The van der Waals surface area contributed by atoms with E-state index in [2.05, 4.69) is 0 Å². The minimum absolute atomic E-state index is 0.0272. The average Bonchev–Trinajstić information content (AvgIpc) is 1.43. The van der Waals surface area contributed by atoms with E-state index in [1.807, 2.05) is 0 Å². The van der Waals surface area contributed by atoms with Crippen LogP contribution in [0.25, 0.3) is 0 Å². The fourth-order valence-electron chi connectivity index (χ4n) is 1.18. The van der Waals surface area contributed by atoms with Crippen molar-refractivity contribution >= 4 is 9.84 Å². The van der Waals surface area contributed by atoms with Gasteiger partial charge in [-0.2, -0.15) is 0 Å². The average molecular weight is 208 g/mol. The van der Waals surface area contributed by atoms with Crippen LogP contribution in [0.3, 0.4) is 0 Å². The van der Waals surface area contributed by atoms with Crippen molar-refractivity contribution in [2.45, 2.75) is 38.8 Å². The van der Waals surface area contributed by atoms with E-state index in [-0.39, 0.29) is 11.5 Å². The van der Waals surface area contributed by atoms with Crippen LogP contribution in [0.4, 0.5) is 0 Å². The summed E-state index contributed by atoms with van der Waals surface area (Å²) in [4.78, 5) is 0. The van der Waals surface area contributed by atoms with Crippen LogP contribution in [0.1, 0.15) is 27.7 Å². The molecule has 0 atom stereocenters. The molecule has 13 heavy (non-hydrogen) atoms. The molecule has 0 saturated carbocycles. The first-order valence-corrected chi connectivity index (χ1v) is 6.02. The van der Waals surface area contributed by atoms with E-state index in [4.69, 9.17) is 11.5 Å². The maximum Gasteiger partial charge on any atom is 0.153 e. The lowest BCUT2D eigenvalue weighted by Gasteiger charge is -2.23. The monoisotopic (exact) mass is 208 g/mol. The van der Waals surface area contributed by atoms with Crippen molar-refractivity contribution in [1.82, 2.24) is 0 Å². The maximum absolute atomic E-state index is 11.5. The van der Waals surface area contributed by atoms with E-state index >= 15 is 0 Å². The molecule has 0 aliphatic carbocycles. The first kappa shape index (κ1) is 12.9. The quantitative estimate of drug-likeness (QED) is 0.674. The Kier molecular flexibility index (Phi) is 3.52. The molecular weight excluding hydrogens is 188 g/mol. The zero-order valence-corrected chi connectivity index (χ0v) is 9.61. The van der Waals surface area contributed by atoms with Gasteiger partial charge in [-0.3, -0.25) is 0 Å². The highest BCUT2D eigenvalue weighted by atomic mass is 32.2. The van der Waals surface area contributed by atoms with Crippen molar-refractivity contribution in [1.29, 1.82) is 0 Å². The predicted octanol–water partition coefficient (Wildman–Crippen LogP) is -0.124. The summed E-state index contributed by atoms with van der Waals surface area (Å²) in [7, 11) is -3.15. The summed E-state index contributed by atoms with van der Waals surface area (Å²) < 4.78 is 23.0. The minimum Gasteiger partial charge on any atom is -0.325 e. The molecule has 0 aromatic carbocycles. The minimum atomic E-state index is -3.15. The van der Waals surface area contributed by atoms with Gasteiger partial charge in [-0.05, 0) is 27.7 Å². The van der Waals surface area contributed by atoms with Crippen molar-refractivity contribution in [3.05, 3.63) is 0 Å². The number of hydrogen-bond donors (Lipinski definition) is 2. The number of nitrogens with two attached hydrogens (primary N) is 2. The molecule has 0 fully saturated rings. The summed E-state index contributed by atoms with van der Waals surface area (Å²) in [6.07, 6.45) is 0. The molecule has 0 saturated heterocycles. The normalized spacial score (nSPS) is 14.6. The number of hydrogen-bond acceptors (Lipinski definition) is 4. The summed E-state index contributed by atoms with van der Waals surface area (Å²) in [5, 5.41) is 0. The fraction of sp³-hybridized carbons (Fsp3) is 1.00. The second-order valence-electron chi connectivity index (χ2n) is 5.01. The smallest absolute Gasteiger partial charge is 0.153 e. The lowest BCUT2D eigenvalue weighted by Crippen LogP contribution is -2.46. The van der Waals surface area contributed by atoms with Gasteiger partial charge < -0.3 is 11.5 Å². The standard InChI is InChI=1S/C8H20N2O2S/c1-7(2,9)5-13(11,12)6-8(3,4)10/h5-6,9-10H2,1-4H3. The SMILES string of the molecule is CC(C)(N)CS(=O)(=O)CC(C)(C)N. The molecular formula is C8H20N2O2S. The summed E-state index contributed by atoms with van der Waals surface area (Å²) in [5.74, 6) is -0.0543. The molecule has 4 nitrogen and oxygen atoms in total. The molecule has 0 heterocycles. The highest BCUT2D eigenvalue weighted by Crippen LogP contribution is 2.09. The van der Waals surface area contributed by atoms with Crippen LogP contribution in [0.5, 0.6) is 0 Å². The van der Waals surface area contributed by atoms with E-state index in [1.54, 1.807) is 27.7 Å². The Labute approximate surface area is 80.6 Å². The van der Waals surface area contributed by atoms with E-state index in [0.29, 0.717) is 0 Å². The van der Waals surface area contributed by atoms with E-state index in [1.165, 1.54) is 0 Å². The van der Waals surface area contributed by atoms with Crippen LogP contribution in [0, 0.1) is 0 Å². The van der Waals surface area contributed by atoms with Gasteiger partial charge in [0, 0.05) is 11.1 Å². The Hall–Kier alpha value is -0.130. The van der Waals surface area contributed by atoms with Crippen LogP contribution in [-0.2, 0) is 9.84 Å². The molecule has 0 spiro atoms. The second-order valence-corrected chi connectivity index (χ2v) is 7.07. The van der Waals surface area contributed by atoms with Gasteiger partial charge in [-0.15, -0.1) is 0 Å². The van der Waals surface area contributed by atoms with E-state index in [9.17, 15) is 8.42 Å². The predicted molar refractivity (Wildman–Crippen MR) is 55.2 cm³/mol. The molecule has 0 aromatic heterocycles. The van der Waals surface area contributed by atoms with Crippen LogP contribution in [0.15, 0.2) is 0 Å². The van der Waals surface area contributed by atoms with Gasteiger partial charge in [0.15, 0.2) is 9.84 Å². The second kappa shape index (κ2) is 3.55. The van der Waals surface area contributed by atoms with Gasteiger partial charge in [-0.1, -0.05) is 0 Å². The first-order valence-electron chi connectivity index (χ1n) is 4.20. The van der Waals surface area contributed by atoms with Crippen LogP contribution < -0.4 is 11.5 Å². The Morgan fingerprint density at radius 1 is 0.923 bits per heavy atom. The Morgan fingerprint density at radius 2 is 1.15 bits per heavy atom. The fourth-order valence-corrected chi connectivity index (χ4v) is 3.55. The summed E-state index contributed by atoms with van der Waals surface area (Å²) in [5.41, 5.74) is 9.86. The zero-order chi connectivity index (χ0) is 10.9. The van der Waals surface area contributed by atoms with Gasteiger partial charge in [0.05, 0.1) is 11.5 Å². The van der Waals surface area contributed by atoms with Crippen molar-refractivity contribution in [2.24, 2.45) is 11.5 Å². The van der Waals surface area contributed by atoms with Gasteiger partial charge in [0.25, 0.3) is 0 Å². The molecule has 0 rings (SSSR count). The number of rotatable bonds is 4. The molecule has 0 amide bonds. The Morgan fingerprint density at radius 3 is 1.31 bits per heavy atom. The van der Waals surface area contributed by atoms with Crippen molar-refractivity contribution in [2.75, 3.05) is 11.5 Å². The zero-order valence-electron chi connectivity index (χ0n) is 8.79. The van der Waals surface area contributed by atoms with E-state index in [0.717, 1.165) is 0 Å². The molecule has 0 aliphatic heterocycles. The first-order chi connectivity index (χ1) is 5.41. The summed E-state index contributed by atoms with van der Waals surface area (Å²) >= 11 is 0. The van der Waals surface area contributed by atoms with E-state index < -0.39 is 20.9 Å². The Bertz CT molecular complexity index is 235. The maximum atomic E-state index is 11.5. The van der Waals surface area contributed by atoms with Gasteiger partial charge in [0.1, 0.15) is 0 Å². The van der Waals surface area contributed by atoms with Gasteiger partial charge in [0.2, 0.25) is 0 Å². The largest absolute Gasteiger partial charge is 0.325 e. The van der Waals surface area contributed by atoms with Crippen LogP contribution in [-0.4, -0.2) is 31.0 Å². The van der Waals surface area contributed by atoms with Crippen molar-refractivity contribution in [3.63, 3.8) is 0 Å².